The number of nitrogens with zero attached hydrogens (tertiary/aromatic N) is 1. The van der Waals surface area contributed by atoms with E-state index < -0.39 is 0 Å². The Labute approximate surface area is 104 Å². The molecule has 0 bridgehead atoms. The molecule has 0 spiro atoms. The summed E-state index contributed by atoms with van der Waals surface area (Å²) in [6.45, 7) is 9.23. The van der Waals surface area contributed by atoms with Crippen LogP contribution >= 0.6 is 0 Å². The van der Waals surface area contributed by atoms with E-state index in [1.54, 1.807) is 7.11 Å². The zero-order chi connectivity index (χ0) is 12.2. The summed E-state index contributed by atoms with van der Waals surface area (Å²) in [5.41, 5.74) is 0. The largest absolute Gasteiger partial charge is 0.382 e. The molecule has 1 rings (SSSR count). The van der Waals surface area contributed by atoms with E-state index in [1.165, 1.54) is 13.0 Å². The number of ether oxygens (including phenoxy) is 3. The van der Waals surface area contributed by atoms with Crippen LogP contribution in [0.3, 0.4) is 0 Å². The maximum absolute atomic E-state index is 5.36. The van der Waals surface area contributed by atoms with Crippen molar-refractivity contribution in [3.8, 4) is 0 Å². The van der Waals surface area contributed by atoms with Gasteiger partial charge in [0.25, 0.3) is 0 Å². The van der Waals surface area contributed by atoms with Crippen molar-refractivity contribution in [2.24, 2.45) is 0 Å². The fraction of sp³-hybridized carbons (Fsp3) is 1.00. The van der Waals surface area contributed by atoms with Crippen molar-refractivity contribution < 1.29 is 14.2 Å². The predicted molar refractivity (Wildman–Crippen MR) is 67.4 cm³/mol. The van der Waals surface area contributed by atoms with Crippen molar-refractivity contribution >= 4 is 0 Å². The summed E-state index contributed by atoms with van der Waals surface area (Å²) in [6.07, 6.45) is 1.19. The van der Waals surface area contributed by atoms with E-state index in [0.717, 1.165) is 46.0 Å². The van der Waals surface area contributed by atoms with E-state index in [0.29, 0.717) is 13.2 Å². The van der Waals surface area contributed by atoms with Crippen LogP contribution in [0.4, 0.5) is 0 Å². The van der Waals surface area contributed by atoms with Crippen molar-refractivity contribution in [3.05, 3.63) is 0 Å². The van der Waals surface area contributed by atoms with Crippen LogP contribution in [0.5, 0.6) is 0 Å². The quantitative estimate of drug-likeness (QED) is 0.548. The van der Waals surface area contributed by atoms with Crippen LogP contribution in [0.15, 0.2) is 0 Å². The molecule has 0 aromatic heterocycles. The van der Waals surface area contributed by atoms with Gasteiger partial charge in [-0.25, -0.2) is 0 Å². The molecule has 102 valence electrons. The molecular formula is C12H26N2O3. The summed E-state index contributed by atoms with van der Waals surface area (Å²) in [7, 11) is 1.69. The summed E-state index contributed by atoms with van der Waals surface area (Å²) < 4.78 is 15.6. The third kappa shape index (κ3) is 8.51. The first-order valence-corrected chi connectivity index (χ1v) is 6.51. The highest BCUT2D eigenvalue weighted by molar-refractivity contribution is 4.62. The predicted octanol–water partition coefficient (Wildman–Crippen LogP) is -0.0387. The lowest BCUT2D eigenvalue weighted by atomic mass is 10.3. The van der Waals surface area contributed by atoms with Gasteiger partial charge in [0, 0.05) is 26.7 Å². The van der Waals surface area contributed by atoms with Crippen LogP contribution in [0.25, 0.3) is 0 Å². The highest BCUT2D eigenvalue weighted by atomic mass is 16.5. The maximum Gasteiger partial charge on any atom is 0.0700 e. The van der Waals surface area contributed by atoms with Gasteiger partial charge in [0.1, 0.15) is 0 Å². The molecule has 0 unspecified atom stereocenters. The van der Waals surface area contributed by atoms with Crippen molar-refractivity contribution in [1.82, 2.24) is 10.2 Å². The Bertz CT molecular complexity index is 164. The molecule has 1 fully saturated rings. The number of rotatable bonds is 10. The minimum Gasteiger partial charge on any atom is -0.382 e. The van der Waals surface area contributed by atoms with Crippen LogP contribution in [-0.2, 0) is 14.2 Å². The molecule has 0 amide bonds. The summed E-state index contributed by atoms with van der Waals surface area (Å²) >= 11 is 0. The Kier molecular flexibility index (Phi) is 9.55. The Morgan fingerprint density at radius 2 is 1.94 bits per heavy atom. The van der Waals surface area contributed by atoms with Crippen molar-refractivity contribution in [1.29, 1.82) is 0 Å². The average molecular weight is 246 g/mol. The van der Waals surface area contributed by atoms with E-state index in [4.69, 9.17) is 14.2 Å². The van der Waals surface area contributed by atoms with Gasteiger partial charge in [0.15, 0.2) is 0 Å². The Morgan fingerprint density at radius 1 is 1.12 bits per heavy atom. The van der Waals surface area contributed by atoms with Crippen LogP contribution < -0.4 is 5.32 Å². The second-order valence-electron chi connectivity index (χ2n) is 4.16. The second kappa shape index (κ2) is 10.9. The van der Waals surface area contributed by atoms with Crippen molar-refractivity contribution in [3.63, 3.8) is 0 Å². The summed E-state index contributed by atoms with van der Waals surface area (Å²) in [5, 5.41) is 3.38. The topological polar surface area (TPSA) is 43.0 Å². The Balaban J connectivity index is 1.75. The van der Waals surface area contributed by atoms with E-state index in [2.05, 4.69) is 10.2 Å². The van der Waals surface area contributed by atoms with Gasteiger partial charge < -0.3 is 19.5 Å². The second-order valence-corrected chi connectivity index (χ2v) is 4.16. The molecule has 0 aromatic carbocycles. The molecule has 0 aliphatic carbocycles. The van der Waals surface area contributed by atoms with Gasteiger partial charge in [-0.2, -0.15) is 0 Å². The molecule has 1 heterocycles. The summed E-state index contributed by atoms with van der Waals surface area (Å²) in [4.78, 5) is 2.46. The fourth-order valence-electron chi connectivity index (χ4n) is 1.77. The first kappa shape index (κ1) is 14.9. The van der Waals surface area contributed by atoms with Crippen LogP contribution in [0.1, 0.15) is 6.42 Å². The standard InChI is InChI=1S/C12H26N2O3/c1-15-11-12-16-8-4-13-3-2-5-14-6-9-17-10-7-14/h13H,2-12H2,1H3. The molecule has 0 atom stereocenters. The third-order valence-corrected chi connectivity index (χ3v) is 2.79. The van der Waals surface area contributed by atoms with Gasteiger partial charge in [-0.15, -0.1) is 0 Å². The molecule has 1 aliphatic heterocycles. The molecule has 17 heavy (non-hydrogen) atoms. The maximum atomic E-state index is 5.36. The number of hydrogen-bond donors (Lipinski definition) is 1. The number of morpholine rings is 1. The Morgan fingerprint density at radius 3 is 2.71 bits per heavy atom. The molecular weight excluding hydrogens is 220 g/mol. The molecule has 5 heteroatoms. The van der Waals surface area contributed by atoms with Crippen LogP contribution in [0, 0.1) is 0 Å². The molecule has 1 N–H and O–H groups in total. The SMILES string of the molecule is COCCOCCNCCCN1CCOCC1. The van der Waals surface area contributed by atoms with E-state index in [9.17, 15) is 0 Å². The normalized spacial score (nSPS) is 17.5. The minimum atomic E-state index is 0.678. The van der Waals surface area contributed by atoms with Gasteiger partial charge in [-0.1, -0.05) is 0 Å². The molecule has 0 radical (unpaired) electrons. The summed E-state index contributed by atoms with van der Waals surface area (Å²) in [5.74, 6) is 0. The molecule has 1 saturated heterocycles. The molecule has 1 aliphatic rings. The number of nitrogens with one attached hydrogen (secondary N) is 1. The van der Waals surface area contributed by atoms with Gasteiger partial charge in [0.2, 0.25) is 0 Å². The highest BCUT2D eigenvalue weighted by Crippen LogP contribution is 1.96. The van der Waals surface area contributed by atoms with Crippen molar-refractivity contribution in [2.45, 2.75) is 6.42 Å². The van der Waals surface area contributed by atoms with Gasteiger partial charge in [0.05, 0.1) is 33.0 Å². The zero-order valence-electron chi connectivity index (χ0n) is 11.0. The summed E-state index contributed by atoms with van der Waals surface area (Å²) in [6, 6.07) is 0. The molecule has 5 nitrogen and oxygen atoms in total. The highest BCUT2D eigenvalue weighted by Gasteiger charge is 2.08. The first-order valence-electron chi connectivity index (χ1n) is 6.51. The zero-order valence-corrected chi connectivity index (χ0v) is 11.0. The van der Waals surface area contributed by atoms with Gasteiger partial charge in [-0.3, -0.25) is 4.90 Å². The minimum absolute atomic E-state index is 0.678. The molecule has 0 saturated carbocycles. The monoisotopic (exact) mass is 246 g/mol. The van der Waals surface area contributed by atoms with Crippen LogP contribution in [-0.4, -0.2) is 77.8 Å². The smallest absolute Gasteiger partial charge is 0.0700 e. The number of hydrogen-bond acceptors (Lipinski definition) is 5. The molecule has 0 aromatic rings. The van der Waals surface area contributed by atoms with Crippen molar-refractivity contribution in [2.75, 3.05) is 72.9 Å². The van der Waals surface area contributed by atoms with E-state index >= 15 is 0 Å². The number of methoxy groups -OCH3 is 1. The first-order chi connectivity index (χ1) is 8.43. The van der Waals surface area contributed by atoms with E-state index in [-0.39, 0.29) is 0 Å². The van der Waals surface area contributed by atoms with Crippen LogP contribution in [0.2, 0.25) is 0 Å². The van der Waals surface area contributed by atoms with Gasteiger partial charge >= 0.3 is 0 Å². The van der Waals surface area contributed by atoms with E-state index in [1.807, 2.05) is 0 Å². The third-order valence-electron chi connectivity index (χ3n) is 2.79. The lowest BCUT2D eigenvalue weighted by Crippen LogP contribution is -2.37. The lowest BCUT2D eigenvalue weighted by Gasteiger charge is -2.26. The Hall–Kier alpha value is -0.200. The average Bonchev–Trinajstić information content (AvgIpc) is 2.38. The fourth-order valence-corrected chi connectivity index (χ4v) is 1.77. The van der Waals surface area contributed by atoms with Gasteiger partial charge in [-0.05, 0) is 19.5 Å². The lowest BCUT2D eigenvalue weighted by molar-refractivity contribution is 0.0373.